The first kappa shape index (κ1) is 14.0. The van der Waals surface area contributed by atoms with Gasteiger partial charge in [-0.2, -0.15) is 5.10 Å². The molecule has 0 aliphatic carbocycles. The van der Waals surface area contributed by atoms with Gasteiger partial charge >= 0.3 is 6.36 Å². The summed E-state index contributed by atoms with van der Waals surface area (Å²) >= 11 is 0. The number of nitrogens with one attached hydrogen (secondary N) is 1. The lowest BCUT2D eigenvalue weighted by atomic mass is 10.3. The first-order chi connectivity index (χ1) is 8.01. The topological polar surface area (TPSA) is 39.1 Å². The van der Waals surface area contributed by atoms with Gasteiger partial charge in [0.25, 0.3) is 0 Å². The Balaban J connectivity index is 2.26. The predicted octanol–water partition coefficient (Wildman–Crippen LogP) is 1.92. The number of nitrogens with zero attached hydrogens (tertiary/aromatic N) is 2. The molecule has 0 aliphatic heterocycles. The van der Waals surface area contributed by atoms with E-state index in [1.807, 2.05) is 0 Å². The van der Waals surface area contributed by atoms with Gasteiger partial charge in [0.2, 0.25) is 0 Å². The van der Waals surface area contributed by atoms with Crippen LogP contribution in [0.2, 0.25) is 0 Å². The summed E-state index contributed by atoms with van der Waals surface area (Å²) in [7, 11) is 0. The molecule has 1 heterocycles. The van der Waals surface area contributed by atoms with Crippen molar-refractivity contribution in [2.45, 2.75) is 32.8 Å². The number of ether oxygens (including phenoxy) is 1. The number of halogens is 3. The molecule has 0 fully saturated rings. The van der Waals surface area contributed by atoms with Crippen molar-refractivity contribution >= 4 is 0 Å². The van der Waals surface area contributed by atoms with Gasteiger partial charge in [-0.1, -0.05) is 6.92 Å². The van der Waals surface area contributed by atoms with Crippen molar-refractivity contribution in [3.8, 4) is 0 Å². The van der Waals surface area contributed by atoms with E-state index in [-0.39, 0.29) is 6.54 Å². The Labute approximate surface area is 97.8 Å². The van der Waals surface area contributed by atoms with Crippen molar-refractivity contribution in [2.24, 2.45) is 0 Å². The van der Waals surface area contributed by atoms with Gasteiger partial charge < -0.3 is 5.32 Å². The van der Waals surface area contributed by atoms with Crippen LogP contribution in [0.4, 0.5) is 13.2 Å². The van der Waals surface area contributed by atoms with Crippen molar-refractivity contribution in [1.82, 2.24) is 15.1 Å². The van der Waals surface area contributed by atoms with Gasteiger partial charge in [0.05, 0.1) is 19.3 Å². The zero-order valence-electron chi connectivity index (χ0n) is 9.63. The minimum atomic E-state index is -4.57. The molecule has 0 atom stereocenters. The van der Waals surface area contributed by atoms with E-state index in [0.717, 1.165) is 18.5 Å². The average Bonchev–Trinajstić information content (AvgIpc) is 2.64. The zero-order valence-corrected chi connectivity index (χ0v) is 9.63. The Morgan fingerprint density at radius 3 is 2.88 bits per heavy atom. The summed E-state index contributed by atoms with van der Waals surface area (Å²) in [6.45, 7) is 3.31. The molecule has 4 nitrogen and oxygen atoms in total. The lowest BCUT2D eigenvalue weighted by Gasteiger charge is -2.06. The Morgan fingerprint density at radius 2 is 2.24 bits per heavy atom. The van der Waals surface area contributed by atoms with Gasteiger partial charge in [0.1, 0.15) is 0 Å². The van der Waals surface area contributed by atoms with Gasteiger partial charge in [-0.15, -0.1) is 13.2 Å². The van der Waals surface area contributed by atoms with Gasteiger partial charge in [-0.05, 0) is 13.0 Å². The molecule has 17 heavy (non-hydrogen) atoms. The van der Waals surface area contributed by atoms with Crippen LogP contribution in [0.1, 0.15) is 18.9 Å². The van der Waals surface area contributed by atoms with Gasteiger partial charge in [-0.25, -0.2) is 0 Å². The van der Waals surface area contributed by atoms with Crippen molar-refractivity contribution in [1.29, 1.82) is 0 Å². The Hall–Kier alpha value is -1.08. The molecule has 0 aliphatic rings. The van der Waals surface area contributed by atoms with Crippen molar-refractivity contribution in [3.63, 3.8) is 0 Å². The Kier molecular flexibility index (Phi) is 5.43. The van der Waals surface area contributed by atoms with Crippen LogP contribution >= 0.6 is 0 Å². The molecule has 0 spiro atoms. The normalized spacial score (nSPS) is 12.0. The minimum absolute atomic E-state index is 0.0906. The molecule has 0 radical (unpaired) electrons. The van der Waals surface area contributed by atoms with E-state index in [2.05, 4.69) is 22.1 Å². The molecular formula is C10H16F3N3O. The molecular weight excluding hydrogens is 235 g/mol. The summed E-state index contributed by atoms with van der Waals surface area (Å²) < 4.78 is 40.2. The zero-order chi connectivity index (χ0) is 12.7. The maximum Gasteiger partial charge on any atom is 0.522 e. The quantitative estimate of drug-likeness (QED) is 0.752. The van der Waals surface area contributed by atoms with Gasteiger partial charge in [-0.3, -0.25) is 9.42 Å². The summed E-state index contributed by atoms with van der Waals surface area (Å²) in [6.07, 6.45) is -0.190. The highest BCUT2D eigenvalue weighted by molar-refractivity contribution is 5.03. The number of aromatic nitrogens is 2. The monoisotopic (exact) mass is 251 g/mol. The fourth-order valence-corrected chi connectivity index (χ4v) is 1.28. The number of rotatable bonds is 7. The Morgan fingerprint density at radius 1 is 1.47 bits per heavy atom. The number of alkyl halides is 3. The van der Waals surface area contributed by atoms with E-state index in [1.165, 1.54) is 4.68 Å². The summed E-state index contributed by atoms with van der Waals surface area (Å²) in [6, 6.07) is 0. The Bertz CT molecular complexity index is 325. The lowest BCUT2D eigenvalue weighted by Crippen LogP contribution is -2.17. The van der Waals surface area contributed by atoms with E-state index in [4.69, 9.17) is 0 Å². The van der Waals surface area contributed by atoms with Crippen LogP contribution in [0.25, 0.3) is 0 Å². The van der Waals surface area contributed by atoms with E-state index in [9.17, 15) is 13.2 Å². The molecule has 0 bridgehead atoms. The fourth-order valence-electron chi connectivity index (χ4n) is 1.28. The molecule has 7 heteroatoms. The largest absolute Gasteiger partial charge is 0.522 e. The third kappa shape index (κ3) is 6.28. The van der Waals surface area contributed by atoms with E-state index in [1.54, 1.807) is 12.4 Å². The third-order valence-corrected chi connectivity index (χ3v) is 2.03. The highest BCUT2D eigenvalue weighted by Gasteiger charge is 2.28. The van der Waals surface area contributed by atoms with Crippen LogP contribution < -0.4 is 5.32 Å². The van der Waals surface area contributed by atoms with Crippen LogP contribution in [0.3, 0.4) is 0 Å². The van der Waals surface area contributed by atoms with Gasteiger partial charge in [0.15, 0.2) is 0 Å². The summed E-state index contributed by atoms with van der Waals surface area (Å²) in [4.78, 5) is 0. The molecule has 0 unspecified atom stereocenters. The lowest BCUT2D eigenvalue weighted by molar-refractivity contribution is -0.325. The highest BCUT2D eigenvalue weighted by Crippen LogP contribution is 2.15. The third-order valence-electron chi connectivity index (χ3n) is 2.03. The fraction of sp³-hybridized carbons (Fsp3) is 0.700. The average molecular weight is 251 g/mol. The van der Waals surface area contributed by atoms with Crippen LogP contribution in [0, 0.1) is 0 Å². The maximum absolute atomic E-state index is 11.7. The highest BCUT2D eigenvalue weighted by atomic mass is 19.4. The SMILES string of the molecule is CCCNCc1cnn(CCOC(F)(F)F)c1. The summed E-state index contributed by atoms with van der Waals surface area (Å²) in [5.74, 6) is 0. The molecule has 0 amide bonds. The van der Waals surface area contributed by atoms with Crippen LogP contribution in [-0.4, -0.2) is 29.3 Å². The van der Waals surface area contributed by atoms with Crippen LogP contribution in [0.15, 0.2) is 12.4 Å². The second kappa shape index (κ2) is 6.61. The van der Waals surface area contributed by atoms with Crippen LogP contribution in [-0.2, 0) is 17.8 Å². The summed E-state index contributed by atoms with van der Waals surface area (Å²) in [5, 5.41) is 7.12. The molecule has 1 aromatic rings. The summed E-state index contributed by atoms with van der Waals surface area (Å²) in [5.41, 5.74) is 0.949. The second-order valence-corrected chi connectivity index (χ2v) is 3.58. The molecule has 1 aromatic heterocycles. The smallest absolute Gasteiger partial charge is 0.313 e. The minimum Gasteiger partial charge on any atom is -0.313 e. The van der Waals surface area contributed by atoms with Crippen molar-refractivity contribution in [3.05, 3.63) is 18.0 Å². The first-order valence-corrected chi connectivity index (χ1v) is 5.44. The first-order valence-electron chi connectivity index (χ1n) is 5.44. The maximum atomic E-state index is 11.7. The van der Waals surface area contributed by atoms with Crippen molar-refractivity contribution < 1.29 is 17.9 Å². The second-order valence-electron chi connectivity index (χ2n) is 3.58. The molecule has 1 N–H and O–H groups in total. The molecule has 98 valence electrons. The molecule has 1 rings (SSSR count). The van der Waals surface area contributed by atoms with E-state index < -0.39 is 13.0 Å². The van der Waals surface area contributed by atoms with Gasteiger partial charge in [0, 0.05) is 18.3 Å². The standard InChI is InChI=1S/C10H16F3N3O/c1-2-3-14-6-9-7-15-16(8-9)4-5-17-10(11,12)13/h7-8,14H,2-6H2,1H3. The number of hydrogen-bond acceptors (Lipinski definition) is 3. The van der Waals surface area contributed by atoms with E-state index >= 15 is 0 Å². The predicted molar refractivity (Wildman–Crippen MR) is 56.2 cm³/mol. The van der Waals surface area contributed by atoms with Crippen molar-refractivity contribution in [2.75, 3.05) is 13.2 Å². The molecule has 0 saturated heterocycles. The van der Waals surface area contributed by atoms with E-state index in [0.29, 0.717) is 6.54 Å². The molecule has 0 saturated carbocycles. The van der Waals surface area contributed by atoms with Crippen LogP contribution in [0.5, 0.6) is 0 Å². The molecule has 0 aromatic carbocycles. The number of hydrogen-bond donors (Lipinski definition) is 1.